The molecule has 0 amide bonds. The van der Waals surface area contributed by atoms with Crippen LogP contribution < -0.4 is 5.32 Å². The van der Waals surface area contributed by atoms with Crippen molar-refractivity contribution in [1.29, 1.82) is 0 Å². The van der Waals surface area contributed by atoms with E-state index in [0.717, 1.165) is 19.1 Å². The molecule has 1 N–H and O–H groups in total. The molecule has 0 aromatic heterocycles. The molecule has 1 saturated heterocycles. The number of hydrogen-bond donors (Lipinski definition) is 1. The molecule has 1 aliphatic heterocycles. The predicted octanol–water partition coefficient (Wildman–Crippen LogP) is 1.94. The van der Waals surface area contributed by atoms with Crippen molar-refractivity contribution in [1.82, 2.24) is 5.32 Å². The summed E-state index contributed by atoms with van der Waals surface area (Å²) in [5.41, 5.74) is 0. The van der Waals surface area contributed by atoms with Gasteiger partial charge in [0.1, 0.15) is 6.61 Å². The van der Waals surface area contributed by atoms with Crippen molar-refractivity contribution in [2.45, 2.75) is 32.2 Å². The molecule has 1 fully saturated rings. The Hall–Kier alpha value is -0.540. The lowest BCUT2D eigenvalue weighted by Crippen LogP contribution is -2.36. The highest BCUT2D eigenvalue weighted by molar-refractivity contribution is 4.74. The van der Waals surface area contributed by atoms with E-state index in [1.807, 2.05) is 0 Å². The van der Waals surface area contributed by atoms with Crippen LogP contribution in [0, 0.1) is 5.92 Å². The molecule has 2 atom stereocenters. The highest BCUT2D eigenvalue weighted by Crippen LogP contribution is 2.19. The van der Waals surface area contributed by atoms with Crippen molar-refractivity contribution in [3.63, 3.8) is 0 Å². The van der Waals surface area contributed by atoms with Crippen LogP contribution >= 0.6 is 0 Å². The Labute approximate surface area is 92.8 Å². The van der Waals surface area contributed by atoms with Gasteiger partial charge in [-0.1, -0.05) is 6.58 Å². The molecule has 3 heteroatoms. The Morgan fingerprint density at radius 2 is 2.27 bits per heavy atom. The minimum absolute atomic E-state index is 0.617. The van der Waals surface area contributed by atoms with Crippen molar-refractivity contribution in [3.05, 3.63) is 12.8 Å². The molecule has 0 aliphatic carbocycles. The summed E-state index contributed by atoms with van der Waals surface area (Å²) in [6.45, 7) is 9.04. The molecule has 1 aliphatic rings. The van der Waals surface area contributed by atoms with Gasteiger partial charge in [-0.2, -0.15) is 0 Å². The molecule has 3 nitrogen and oxygen atoms in total. The predicted molar refractivity (Wildman–Crippen MR) is 61.8 cm³/mol. The number of rotatable bonds is 7. The largest absolute Gasteiger partial charge is 0.499 e. The molecule has 0 bridgehead atoms. The monoisotopic (exact) mass is 213 g/mol. The zero-order valence-corrected chi connectivity index (χ0v) is 9.71. The maximum Gasteiger partial charge on any atom is 0.111 e. The van der Waals surface area contributed by atoms with E-state index in [9.17, 15) is 0 Å². The maximum atomic E-state index is 5.48. The topological polar surface area (TPSA) is 30.5 Å². The van der Waals surface area contributed by atoms with E-state index in [1.165, 1.54) is 25.5 Å². The minimum Gasteiger partial charge on any atom is -0.499 e. The van der Waals surface area contributed by atoms with E-state index < -0.39 is 0 Å². The molecular formula is C12H23NO2. The molecule has 2 unspecified atom stereocenters. The Balaban J connectivity index is 1.92. The van der Waals surface area contributed by atoms with Gasteiger partial charge in [0, 0.05) is 12.6 Å². The van der Waals surface area contributed by atoms with Crippen LogP contribution in [0.15, 0.2) is 12.8 Å². The van der Waals surface area contributed by atoms with Gasteiger partial charge in [0.15, 0.2) is 0 Å². The van der Waals surface area contributed by atoms with E-state index in [4.69, 9.17) is 9.47 Å². The molecule has 0 spiro atoms. The van der Waals surface area contributed by atoms with Crippen molar-refractivity contribution >= 4 is 0 Å². The van der Waals surface area contributed by atoms with Crippen molar-refractivity contribution in [3.8, 4) is 0 Å². The van der Waals surface area contributed by atoms with E-state index in [0.29, 0.717) is 19.3 Å². The van der Waals surface area contributed by atoms with Crippen molar-refractivity contribution in [2.24, 2.45) is 5.92 Å². The van der Waals surface area contributed by atoms with Crippen LogP contribution in [0.2, 0.25) is 0 Å². The first kappa shape index (κ1) is 12.5. The minimum atomic E-state index is 0.617. The van der Waals surface area contributed by atoms with Gasteiger partial charge in [-0.25, -0.2) is 0 Å². The average Bonchev–Trinajstić information content (AvgIpc) is 2.23. The zero-order valence-electron chi connectivity index (χ0n) is 9.71. The summed E-state index contributed by atoms with van der Waals surface area (Å²) in [4.78, 5) is 0. The van der Waals surface area contributed by atoms with E-state index in [1.54, 1.807) is 0 Å². The fourth-order valence-corrected chi connectivity index (χ4v) is 2.04. The molecule has 88 valence electrons. The van der Waals surface area contributed by atoms with Gasteiger partial charge < -0.3 is 14.8 Å². The highest BCUT2D eigenvalue weighted by Gasteiger charge is 2.17. The molecule has 15 heavy (non-hydrogen) atoms. The average molecular weight is 213 g/mol. The molecule has 0 radical (unpaired) electrons. The smallest absolute Gasteiger partial charge is 0.111 e. The molecule has 0 saturated carbocycles. The molecule has 1 rings (SSSR count). The van der Waals surface area contributed by atoms with E-state index in [-0.39, 0.29) is 0 Å². The molecule has 0 aromatic carbocycles. The molecule has 1 heterocycles. The Kier molecular flexibility index (Phi) is 6.44. The third-order valence-electron chi connectivity index (χ3n) is 2.87. The second-order valence-electron chi connectivity index (χ2n) is 4.18. The summed E-state index contributed by atoms with van der Waals surface area (Å²) in [5.74, 6) is 0.835. The third kappa shape index (κ3) is 5.80. The summed E-state index contributed by atoms with van der Waals surface area (Å²) in [5, 5.41) is 3.46. The molecule has 0 aromatic rings. The summed E-state index contributed by atoms with van der Waals surface area (Å²) < 4.78 is 10.5. The number of hydrogen-bond acceptors (Lipinski definition) is 3. The highest BCUT2D eigenvalue weighted by atomic mass is 16.5. The Morgan fingerprint density at radius 3 is 3.00 bits per heavy atom. The fourth-order valence-electron chi connectivity index (χ4n) is 2.04. The first-order valence-electron chi connectivity index (χ1n) is 5.86. The lowest BCUT2D eigenvalue weighted by atomic mass is 9.91. The van der Waals surface area contributed by atoms with Crippen LogP contribution in [0.5, 0.6) is 0 Å². The van der Waals surface area contributed by atoms with Gasteiger partial charge in [0.25, 0.3) is 0 Å². The summed E-state index contributed by atoms with van der Waals surface area (Å²) >= 11 is 0. The second-order valence-corrected chi connectivity index (χ2v) is 4.18. The maximum absolute atomic E-state index is 5.48. The van der Waals surface area contributed by atoms with Crippen LogP contribution in [0.1, 0.15) is 26.2 Å². The van der Waals surface area contributed by atoms with Gasteiger partial charge in [0.05, 0.1) is 12.9 Å². The SMILES string of the molecule is C=COCCOCCC1CCNC(C)C1. The van der Waals surface area contributed by atoms with Crippen molar-refractivity contribution < 1.29 is 9.47 Å². The first-order valence-corrected chi connectivity index (χ1v) is 5.86. The van der Waals surface area contributed by atoms with Crippen molar-refractivity contribution in [2.75, 3.05) is 26.4 Å². The quantitative estimate of drug-likeness (QED) is 0.518. The second kappa shape index (κ2) is 7.71. The lowest BCUT2D eigenvalue weighted by molar-refractivity contribution is 0.0728. The van der Waals surface area contributed by atoms with Gasteiger partial charge in [-0.05, 0) is 38.6 Å². The van der Waals surface area contributed by atoms with Gasteiger partial charge in [-0.3, -0.25) is 0 Å². The summed E-state index contributed by atoms with van der Waals surface area (Å²) in [6, 6.07) is 0.674. The Bertz CT molecular complexity index is 173. The van der Waals surface area contributed by atoms with E-state index >= 15 is 0 Å². The standard InChI is InChI=1S/C12H23NO2/c1-3-14-8-9-15-7-5-12-4-6-13-11(2)10-12/h3,11-13H,1,4-10H2,2H3. The first-order chi connectivity index (χ1) is 7.33. The van der Waals surface area contributed by atoms with E-state index in [2.05, 4.69) is 18.8 Å². The number of ether oxygens (including phenoxy) is 2. The van der Waals surface area contributed by atoms with Crippen LogP contribution in [0.4, 0.5) is 0 Å². The zero-order chi connectivity index (χ0) is 10.9. The normalized spacial score (nSPS) is 26.2. The fraction of sp³-hybridized carbons (Fsp3) is 0.833. The summed E-state index contributed by atoms with van der Waals surface area (Å²) in [6.07, 6.45) is 5.21. The van der Waals surface area contributed by atoms with Gasteiger partial charge in [-0.15, -0.1) is 0 Å². The number of nitrogens with one attached hydrogen (secondary N) is 1. The number of piperidine rings is 1. The third-order valence-corrected chi connectivity index (χ3v) is 2.87. The molecular weight excluding hydrogens is 190 g/mol. The van der Waals surface area contributed by atoms with Gasteiger partial charge in [0.2, 0.25) is 0 Å². The van der Waals surface area contributed by atoms with Crippen LogP contribution in [0.25, 0.3) is 0 Å². The Morgan fingerprint density at radius 1 is 1.40 bits per heavy atom. The van der Waals surface area contributed by atoms with Crippen LogP contribution in [-0.2, 0) is 9.47 Å². The van der Waals surface area contributed by atoms with Gasteiger partial charge >= 0.3 is 0 Å². The van der Waals surface area contributed by atoms with Crippen LogP contribution in [0.3, 0.4) is 0 Å². The van der Waals surface area contributed by atoms with Crippen LogP contribution in [-0.4, -0.2) is 32.4 Å². The lowest BCUT2D eigenvalue weighted by Gasteiger charge is -2.27. The summed E-state index contributed by atoms with van der Waals surface area (Å²) in [7, 11) is 0.